The molecule has 0 atom stereocenters. The fourth-order valence-electron chi connectivity index (χ4n) is 4.61. The van der Waals surface area contributed by atoms with Gasteiger partial charge in [-0.2, -0.15) is 0 Å². The summed E-state index contributed by atoms with van der Waals surface area (Å²) in [7, 11) is -1.54. The van der Waals surface area contributed by atoms with Crippen LogP contribution in [0, 0.1) is 0 Å². The fraction of sp³-hybridized carbons (Fsp3) is 0.143. The summed E-state index contributed by atoms with van der Waals surface area (Å²) in [6.07, 6.45) is 0. The van der Waals surface area contributed by atoms with Crippen LogP contribution in [-0.2, 0) is 5.41 Å². The zero-order chi connectivity index (χ0) is 21.8. The van der Waals surface area contributed by atoms with Crippen molar-refractivity contribution in [1.29, 1.82) is 0 Å². The summed E-state index contributed by atoms with van der Waals surface area (Å²) in [5.41, 5.74) is 4.03. The van der Waals surface area contributed by atoms with Gasteiger partial charge in [-0.1, -0.05) is 93.6 Å². The Hall–Kier alpha value is -3.14. The van der Waals surface area contributed by atoms with Crippen molar-refractivity contribution in [2.24, 2.45) is 0 Å². The van der Waals surface area contributed by atoms with Gasteiger partial charge in [0.2, 0.25) is 0 Å². The minimum absolute atomic E-state index is 0.0154. The Morgan fingerprint density at radius 2 is 1.26 bits per heavy atom. The van der Waals surface area contributed by atoms with E-state index in [1.54, 1.807) is 0 Å². The first-order chi connectivity index (χ1) is 14.8. The molecule has 0 unspecified atom stereocenters. The van der Waals surface area contributed by atoms with E-state index in [9.17, 15) is 10.0 Å². The van der Waals surface area contributed by atoms with E-state index in [0.717, 1.165) is 32.7 Å². The molecule has 0 saturated carbocycles. The van der Waals surface area contributed by atoms with Gasteiger partial charge in [0.25, 0.3) is 0 Å². The van der Waals surface area contributed by atoms with Crippen molar-refractivity contribution in [3.63, 3.8) is 0 Å². The average molecular weight is 404 g/mol. The molecule has 0 saturated heterocycles. The van der Waals surface area contributed by atoms with E-state index < -0.39 is 7.12 Å². The Kier molecular flexibility index (Phi) is 4.62. The predicted molar refractivity (Wildman–Crippen MR) is 133 cm³/mol. The monoisotopic (exact) mass is 404 g/mol. The quantitative estimate of drug-likeness (QED) is 0.289. The highest BCUT2D eigenvalue weighted by Crippen LogP contribution is 2.38. The normalized spacial score (nSPS) is 12.0. The molecule has 0 aliphatic rings. The lowest BCUT2D eigenvalue weighted by Crippen LogP contribution is -2.31. The first-order valence-electron chi connectivity index (χ1n) is 10.7. The van der Waals surface area contributed by atoms with Crippen molar-refractivity contribution < 1.29 is 10.0 Å². The summed E-state index contributed by atoms with van der Waals surface area (Å²) < 4.78 is 0. The molecule has 0 aliphatic heterocycles. The Balaban J connectivity index is 1.98. The molecule has 0 heterocycles. The van der Waals surface area contributed by atoms with Crippen LogP contribution in [0.3, 0.4) is 0 Å². The zero-order valence-corrected chi connectivity index (χ0v) is 18.1. The van der Waals surface area contributed by atoms with E-state index in [1.807, 2.05) is 24.3 Å². The van der Waals surface area contributed by atoms with Crippen LogP contribution < -0.4 is 5.46 Å². The molecule has 0 aromatic heterocycles. The van der Waals surface area contributed by atoms with Crippen LogP contribution in [0.1, 0.15) is 26.3 Å². The number of hydrogen-bond acceptors (Lipinski definition) is 2. The third kappa shape index (κ3) is 3.31. The van der Waals surface area contributed by atoms with Gasteiger partial charge in [-0.05, 0) is 72.0 Å². The summed E-state index contributed by atoms with van der Waals surface area (Å²) in [5, 5.41) is 26.8. The maximum absolute atomic E-state index is 10.3. The second-order valence-corrected chi connectivity index (χ2v) is 9.28. The predicted octanol–water partition coefficient (Wildman–Crippen LogP) is 5.79. The first-order valence-corrected chi connectivity index (χ1v) is 10.7. The van der Waals surface area contributed by atoms with Crippen LogP contribution in [0.15, 0.2) is 84.9 Å². The number of rotatable bonds is 2. The molecule has 0 aliphatic carbocycles. The molecular weight excluding hydrogens is 379 g/mol. The van der Waals surface area contributed by atoms with Gasteiger partial charge in [0.1, 0.15) is 0 Å². The second-order valence-electron chi connectivity index (χ2n) is 9.28. The van der Waals surface area contributed by atoms with E-state index in [4.69, 9.17) is 0 Å². The smallest absolute Gasteiger partial charge is 0.423 e. The van der Waals surface area contributed by atoms with Gasteiger partial charge >= 0.3 is 7.12 Å². The highest BCUT2D eigenvalue weighted by atomic mass is 16.4. The van der Waals surface area contributed by atoms with Gasteiger partial charge in [-0.25, -0.2) is 0 Å². The van der Waals surface area contributed by atoms with Gasteiger partial charge in [-0.3, -0.25) is 0 Å². The SMILES string of the molecule is CC(C)(C)c1ccc2c(B(O)O)c3ccccc3c(-c3ccc4ccccc4c3)c2c1. The van der Waals surface area contributed by atoms with Crippen LogP contribution >= 0.6 is 0 Å². The van der Waals surface area contributed by atoms with Crippen LogP contribution in [0.4, 0.5) is 0 Å². The van der Waals surface area contributed by atoms with Gasteiger partial charge < -0.3 is 10.0 Å². The summed E-state index contributed by atoms with van der Waals surface area (Å²) in [6, 6.07) is 29.3. The molecule has 152 valence electrons. The van der Waals surface area contributed by atoms with Crippen molar-refractivity contribution in [2.75, 3.05) is 0 Å². The molecular formula is C28H25BO2. The Bertz CT molecular complexity index is 1440. The van der Waals surface area contributed by atoms with Crippen molar-refractivity contribution in [2.45, 2.75) is 26.2 Å². The second kappa shape index (κ2) is 7.23. The molecule has 0 bridgehead atoms. The third-order valence-corrected chi connectivity index (χ3v) is 6.23. The minimum Gasteiger partial charge on any atom is -0.423 e. The summed E-state index contributed by atoms with van der Waals surface area (Å²) in [6.45, 7) is 6.60. The van der Waals surface area contributed by atoms with E-state index in [2.05, 4.69) is 81.4 Å². The topological polar surface area (TPSA) is 40.5 Å². The maximum Gasteiger partial charge on any atom is 0.489 e. The maximum atomic E-state index is 10.3. The zero-order valence-electron chi connectivity index (χ0n) is 18.1. The molecule has 2 nitrogen and oxygen atoms in total. The largest absolute Gasteiger partial charge is 0.489 e. The van der Waals surface area contributed by atoms with Crippen molar-refractivity contribution in [3.05, 3.63) is 90.5 Å². The average Bonchev–Trinajstić information content (AvgIpc) is 2.75. The van der Waals surface area contributed by atoms with Gasteiger partial charge in [0.15, 0.2) is 0 Å². The molecule has 5 aromatic carbocycles. The molecule has 5 rings (SSSR count). The summed E-state index contributed by atoms with van der Waals surface area (Å²) in [4.78, 5) is 0. The number of hydrogen-bond donors (Lipinski definition) is 2. The van der Waals surface area contributed by atoms with Gasteiger partial charge in [0, 0.05) is 0 Å². The number of fused-ring (bicyclic) bond motifs is 3. The first kappa shape index (κ1) is 19.8. The molecule has 0 amide bonds. The van der Waals surface area contributed by atoms with E-state index >= 15 is 0 Å². The summed E-state index contributed by atoms with van der Waals surface area (Å²) in [5.74, 6) is 0. The molecule has 0 fully saturated rings. The molecule has 0 radical (unpaired) electrons. The molecule has 0 spiro atoms. The minimum atomic E-state index is -1.54. The fourth-order valence-corrected chi connectivity index (χ4v) is 4.61. The Labute approximate surface area is 182 Å². The van der Waals surface area contributed by atoms with E-state index in [1.165, 1.54) is 16.3 Å². The number of benzene rings is 5. The van der Waals surface area contributed by atoms with Crippen LogP contribution in [0.25, 0.3) is 43.4 Å². The van der Waals surface area contributed by atoms with Crippen molar-refractivity contribution in [1.82, 2.24) is 0 Å². The molecule has 31 heavy (non-hydrogen) atoms. The highest BCUT2D eigenvalue weighted by molar-refractivity contribution is 6.66. The van der Waals surface area contributed by atoms with Crippen molar-refractivity contribution in [3.8, 4) is 11.1 Å². The lowest BCUT2D eigenvalue weighted by atomic mass is 9.71. The molecule has 3 heteroatoms. The Morgan fingerprint density at radius 1 is 0.613 bits per heavy atom. The third-order valence-electron chi connectivity index (χ3n) is 6.23. The molecule has 2 N–H and O–H groups in total. The van der Waals surface area contributed by atoms with Crippen molar-refractivity contribution >= 4 is 44.9 Å². The van der Waals surface area contributed by atoms with Crippen LogP contribution in [-0.4, -0.2) is 17.2 Å². The van der Waals surface area contributed by atoms with E-state index in [-0.39, 0.29) is 5.41 Å². The molecule has 5 aromatic rings. The van der Waals surface area contributed by atoms with E-state index in [0.29, 0.717) is 5.46 Å². The van der Waals surface area contributed by atoms with Gasteiger partial charge in [0.05, 0.1) is 0 Å². The summed E-state index contributed by atoms with van der Waals surface area (Å²) >= 11 is 0. The lowest BCUT2D eigenvalue weighted by Gasteiger charge is -2.23. The van der Waals surface area contributed by atoms with Crippen LogP contribution in [0.5, 0.6) is 0 Å². The lowest BCUT2D eigenvalue weighted by molar-refractivity contribution is 0.426. The standard InChI is InChI=1S/C28H25BO2/c1-28(2,3)21-14-15-24-25(17-21)26(20-13-12-18-8-4-5-9-19(18)16-20)22-10-6-7-11-23(22)27(24)29(30)31/h4-17,30-31H,1-3H3. The highest BCUT2D eigenvalue weighted by Gasteiger charge is 2.24. The Morgan fingerprint density at radius 3 is 1.97 bits per heavy atom. The van der Waals surface area contributed by atoms with Gasteiger partial charge in [-0.15, -0.1) is 0 Å². The van der Waals surface area contributed by atoms with Crippen LogP contribution in [0.2, 0.25) is 0 Å².